The molecule has 0 amide bonds. The smallest absolute Gasteiger partial charge is 0.336 e. The van der Waals surface area contributed by atoms with Crippen molar-refractivity contribution in [2.24, 2.45) is 0 Å². The molecular weight excluding hydrogens is 196 g/mol. The number of rotatable bonds is 3. The zero-order valence-corrected chi connectivity index (χ0v) is 8.10. The summed E-state index contributed by atoms with van der Waals surface area (Å²) in [5.41, 5.74) is 0.566. The van der Waals surface area contributed by atoms with E-state index in [2.05, 4.69) is 0 Å². The van der Waals surface area contributed by atoms with Gasteiger partial charge in [0, 0.05) is 0 Å². The Morgan fingerprint density at radius 2 is 1.87 bits per heavy atom. The van der Waals surface area contributed by atoms with Crippen LogP contribution in [0, 0.1) is 0 Å². The molecule has 0 saturated carbocycles. The van der Waals surface area contributed by atoms with Crippen LogP contribution in [-0.4, -0.2) is 22.2 Å². The van der Waals surface area contributed by atoms with Gasteiger partial charge in [-0.2, -0.15) is 0 Å². The van der Waals surface area contributed by atoms with Crippen molar-refractivity contribution in [3.63, 3.8) is 0 Å². The number of carbonyl (C=O) groups is 2. The highest BCUT2D eigenvalue weighted by molar-refractivity contribution is 5.95. The average molecular weight is 206 g/mol. The van der Waals surface area contributed by atoms with Crippen molar-refractivity contribution in [3.8, 4) is 0 Å². The van der Waals surface area contributed by atoms with Crippen LogP contribution in [-0.2, 0) is 0 Å². The monoisotopic (exact) mass is 206 g/mol. The third-order valence-corrected chi connectivity index (χ3v) is 1.88. The lowest BCUT2D eigenvalue weighted by atomic mass is 10.0. The van der Waals surface area contributed by atoms with Crippen molar-refractivity contribution in [1.29, 1.82) is 0 Å². The molecule has 0 heterocycles. The molecule has 1 aromatic carbocycles. The lowest BCUT2D eigenvalue weighted by Gasteiger charge is -2.02. The quantitative estimate of drug-likeness (QED) is 0.794. The zero-order valence-electron chi connectivity index (χ0n) is 8.10. The molecule has 0 atom stereocenters. The highest BCUT2D eigenvalue weighted by Gasteiger charge is 2.11. The van der Waals surface area contributed by atoms with E-state index in [0.29, 0.717) is 5.56 Å². The number of benzene rings is 1. The minimum atomic E-state index is -1.07. The third kappa shape index (κ3) is 2.43. The Hall–Kier alpha value is -2.10. The lowest BCUT2D eigenvalue weighted by molar-refractivity contribution is 0.0681. The number of hydrogen-bond acceptors (Lipinski definition) is 2. The third-order valence-electron chi connectivity index (χ3n) is 1.88. The minimum absolute atomic E-state index is 0.0769. The molecule has 1 rings (SSSR count). The molecule has 15 heavy (non-hydrogen) atoms. The Morgan fingerprint density at radius 1 is 1.20 bits per heavy atom. The van der Waals surface area contributed by atoms with Crippen LogP contribution in [0.1, 0.15) is 33.2 Å². The van der Waals surface area contributed by atoms with Gasteiger partial charge in [0.25, 0.3) is 0 Å². The standard InChI is InChI=1S/C11H10O4/c1-2-3-7-6-8(10(12)13)4-5-9(7)11(14)15/h2-6H,1H3,(H,12,13)(H,14,15)/b3-2+. The predicted octanol–water partition coefficient (Wildman–Crippen LogP) is 2.12. The van der Waals surface area contributed by atoms with E-state index < -0.39 is 11.9 Å². The van der Waals surface area contributed by atoms with Gasteiger partial charge in [0.05, 0.1) is 11.1 Å². The summed E-state index contributed by atoms with van der Waals surface area (Å²) in [6, 6.07) is 3.91. The molecule has 0 aromatic heterocycles. The summed E-state index contributed by atoms with van der Waals surface area (Å²) in [7, 11) is 0. The van der Waals surface area contributed by atoms with Crippen LogP contribution >= 0.6 is 0 Å². The Labute approximate surface area is 86.5 Å². The van der Waals surface area contributed by atoms with Crippen LogP contribution in [0.25, 0.3) is 6.08 Å². The number of allylic oxidation sites excluding steroid dienone is 1. The molecular formula is C11H10O4. The van der Waals surface area contributed by atoms with Gasteiger partial charge in [0.15, 0.2) is 0 Å². The molecule has 0 fully saturated rings. The van der Waals surface area contributed by atoms with Crippen molar-refractivity contribution in [2.75, 3.05) is 0 Å². The van der Waals surface area contributed by atoms with Crippen LogP contribution in [0.15, 0.2) is 24.3 Å². The lowest BCUT2D eigenvalue weighted by Crippen LogP contribution is -2.03. The van der Waals surface area contributed by atoms with Gasteiger partial charge < -0.3 is 10.2 Å². The van der Waals surface area contributed by atoms with Gasteiger partial charge in [0.2, 0.25) is 0 Å². The molecule has 0 aliphatic carbocycles. The van der Waals surface area contributed by atoms with E-state index >= 15 is 0 Å². The first kappa shape index (κ1) is 11.0. The number of hydrogen-bond donors (Lipinski definition) is 2. The Kier molecular flexibility index (Phi) is 3.23. The summed E-state index contributed by atoms with van der Waals surface area (Å²) in [6.45, 7) is 1.74. The highest BCUT2D eigenvalue weighted by atomic mass is 16.4. The SMILES string of the molecule is C/C=C/c1cc(C(=O)O)ccc1C(=O)O. The summed E-state index contributed by atoms with van der Waals surface area (Å²) in [6.07, 6.45) is 3.23. The number of carboxylic acid groups (broad SMARTS) is 2. The molecule has 0 aliphatic rings. The fourth-order valence-electron chi connectivity index (χ4n) is 1.21. The van der Waals surface area contributed by atoms with Crippen molar-refractivity contribution >= 4 is 18.0 Å². The van der Waals surface area contributed by atoms with Gasteiger partial charge in [-0.05, 0) is 30.7 Å². The van der Waals surface area contributed by atoms with Crippen LogP contribution < -0.4 is 0 Å². The van der Waals surface area contributed by atoms with Gasteiger partial charge >= 0.3 is 11.9 Å². The highest BCUT2D eigenvalue weighted by Crippen LogP contribution is 2.14. The van der Waals surface area contributed by atoms with Gasteiger partial charge in [-0.15, -0.1) is 0 Å². The van der Waals surface area contributed by atoms with Crippen molar-refractivity contribution in [2.45, 2.75) is 6.92 Å². The van der Waals surface area contributed by atoms with Crippen LogP contribution in [0.5, 0.6) is 0 Å². The normalized spacial score (nSPS) is 10.5. The predicted molar refractivity (Wildman–Crippen MR) is 55.1 cm³/mol. The molecule has 78 valence electrons. The molecule has 0 aliphatic heterocycles. The van der Waals surface area contributed by atoms with Gasteiger partial charge in [-0.1, -0.05) is 12.2 Å². The maximum atomic E-state index is 10.8. The van der Waals surface area contributed by atoms with Crippen LogP contribution in [0.2, 0.25) is 0 Å². The van der Waals surface area contributed by atoms with Crippen LogP contribution in [0.3, 0.4) is 0 Å². The summed E-state index contributed by atoms with van der Waals surface area (Å²) < 4.78 is 0. The van der Waals surface area contributed by atoms with Crippen molar-refractivity contribution < 1.29 is 19.8 Å². The van der Waals surface area contributed by atoms with E-state index in [4.69, 9.17) is 10.2 Å². The maximum Gasteiger partial charge on any atom is 0.336 e. The van der Waals surface area contributed by atoms with Crippen LogP contribution in [0.4, 0.5) is 0 Å². The Bertz CT molecular complexity index is 432. The summed E-state index contributed by atoms with van der Waals surface area (Å²) in [5, 5.41) is 17.6. The molecule has 2 N–H and O–H groups in total. The molecule has 0 radical (unpaired) electrons. The zero-order chi connectivity index (χ0) is 11.4. The van der Waals surface area contributed by atoms with Gasteiger partial charge in [-0.3, -0.25) is 0 Å². The van der Waals surface area contributed by atoms with Gasteiger partial charge in [0.1, 0.15) is 0 Å². The summed E-state index contributed by atoms with van der Waals surface area (Å²) in [5.74, 6) is -2.14. The maximum absolute atomic E-state index is 10.8. The summed E-state index contributed by atoms with van der Waals surface area (Å²) >= 11 is 0. The molecule has 4 nitrogen and oxygen atoms in total. The van der Waals surface area contributed by atoms with Gasteiger partial charge in [-0.25, -0.2) is 9.59 Å². The fraction of sp³-hybridized carbons (Fsp3) is 0.0909. The van der Waals surface area contributed by atoms with E-state index in [1.807, 2.05) is 0 Å². The number of carboxylic acids is 2. The second kappa shape index (κ2) is 4.41. The van der Waals surface area contributed by atoms with E-state index in [1.54, 1.807) is 19.1 Å². The van der Waals surface area contributed by atoms with E-state index in [9.17, 15) is 9.59 Å². The first-order chi connectivity index (χ1) is 7.06. The van der Waals surface area contributed by atoms with Crippen molar-refractivity contribution in [3.05, 3.63) is 41.0 Å². The minimum Gasteiger partial charge on any atom is -0.478 e. The van der Waals surface area contributed by atoms with E-state index in [1.165, 1.54) is 18.2 Å². The molecule has 0 unspecified atom stereocenters. The first-order valence-electron chi connectivity index (χ1n) is 4.29. The fourth-order valence-corrected chi connectivity index (χ4v) is 1.21. The molecule has 1 aromatic rings. The number of aromatic carboxylic acids is 2. The second-order valence-corrected chi connectivity index (χ2v) is 2.91. The Morgan fingerprint density at radius 3 is 2.33 bits per heavy atom. The molecule has 0 bridgehead atoms. The van der Waals surface area contributed by atoms with Crippen molar-refractivity contribution in [1.82, 2.24) is 0 Å². The molecule has 0 saturated heterocycles. The molecule has 0 spiro atoms. The van der Waals surface area contributed by atoms with E-state index in [0.717, 1.165) is 0 Å². The topological polar surface area (TPSA) is 74.6 Å². The largest absolute Gasteiger partial charge is 0.478 e. The average Bonchev–Trinajstić information content (AvgIpc) is 2.17. The first-order valence-corrected chi connectivity index (χ1v) is 4.29. The summed E-state index contributed by atoms with van der Waals surface area (Å²) in [4.78, 5) is 21.5. The van der Waals surface area contributed by atoms with E-state index in [-0.39, 0.29) is 11.1 Å². The second-order valence-electron chi connectivity index (χ2n) is 2.91. The Balaban J connectivity index is 3.32. The molecule has 4 heteroatoms.